The van der Waals surface area contributed by atoms with Crippen molar-refractivity contribution in [3.05, 3.63) is 11.6 Å². The van der Waals surface area contributed by atoms with E-state index in [1.165, 1.54) is 24.8 Å². The molecule has 1 aliphatic carbocycles. The van der Waals surface area contributed by atoms with Crippen LogP contribution < -0.4 is 5.43 Å². The van der Waals surface area contributed by atoms with Crippen molar-refractivity contribution in [2.75, 3.05) is 13.1 Å². The van der Waals surface area contributed by atoms with Gasteiger partial charge < -0.3 is 4.90 Å². The molecule has 0 aromatic carbocycles. The number of rotatable bonds is 7. The summed E-state index contributed by atoms with van der Waals surface area (Å²) in [5, 5.41) is 4.31. The minimum Gasteiger partial charge on any atom is -0.333 e. The predicted octanol–water partition coefficient (Wildman–Crippen LogP) is 3.16. The molecule has 1 fully saturated rings. The summed E-state index contributed by atoms with van der Waals surface area (Å²) < 4.78 is 0. The number of carbonyl (C=O) groups excluding carboxylic acids is 2. The molecule has 1 aliphatic heterocycles. The second-order valence-electron chi connectivity index (χ2n) is 6.44. The van der Waals surface area contributed by atoms with E-state index in [0.717, 1.165) is 44.2 Å². The normalized spacial score (nSPS) is 20.6. The molecule has 5 nitrogen and oxygen atoms in total. The molecule has 2 rings (SSSR count). The third-order valence-electron chi connectivity index (χ3n) is 4.51. The number of hydrogen-bond donors (Lipinski definition) is 1. The molecule has 0 spiro atoms. The average molecular weight is 319 g/mol. The molecule has 1 saturated heterocycles. The number of allylic oxidation sites excluding steroid dienone is 2. The molecule has 1 heterocycles. The third kappa shape index (κ3) is 5.81. The van der Waals surface area contributed by atoms with Gasteiger partial charge in [-0.15, -0.1) is 0 Å². The third-order valence-corrected chi connectivity index (χ3v) is 4.51. The average Bonchev–Trinajstić information content (AvgIpc) is 2.89. The molecule has 2 amide bonds. The van der Waals surface area contributed by atoms with Gasteiger partial charge in [-0.25, -0.2) is 5.43 Å². The number of hydrogen-bond acceptors (Lipinski definition) is 3. The SMILES string of the molecule is CCCCCC1=CCC/C1=N/NC(=O)CN1CCCCCC1=O. The summed E-state index contributed by atoms with van der Waals surface area (Å²) in [6.45, 7) is 3.01. The van der Waals surface area contributed by atoms with Crippen molar-refractivity contribution in [2.24, 2.45) is 5.10 Å². The van der Waals surface area contributed by atoms with Crippen LogP contribution in [0.2, 0.25) is 0 Å². The maximum atomic E-state index is 12.1. The van der Waals surface area contributed by atoms with Gasteiger partial charge in [-0.2, -0.15) is 5.10 Å². The Kier molecular flexibility index (Phi) is 7.30. The number of hydrazone groups is 1. The quantitative estimate of drug-likeness (QED) is 0.579. The van der Waals surface area contributed by atoms with Crippen LogP contribution in [-0.2, 0) is 9.59 Å². The molecule has 23 heavy (non-hydrogen) atoms. The van der Waals surface area contributed by atoms with E-state index in [4.69, 9.17) is 0 Å². The summed E-state index contributed by atoms with van der Waals surface area (Å²) in [5.41, 5.74) is 4.94. The zero-order chi connectivity index (χ0) is 16.5. The summed E-state index contributed by atoms with van der Waals surface area (Å²) in [4.78, 5) is 25.6. The number of nitrogens with zero attached hydrogens (tertiary/aromatic N) is 2. The molecule has 2 aliphatic rings. The molecular weight excluding hydrogens is 290 g/mol. The minimum absolute atomic E-state index is 0.0892. The largest absolute Gasteiger partial charge is 0.333 e. The van der Waals surface area contributed by atoms with Crippen LogP contribution >= 0.6 is 0 Å². The van der Waals surface area contributed by atoms with Crippen molar-refractivity contribution in [3.8, 4) is 0 Å². The van der Waals surface area contributed by atoms with Gasteiger partial charge in [-0.05, 0) is 44.1 Å². The molecule has 0 bridgehead atoms. The van der Waals surface area contributed by atoms with Crippen molar-refractivity contribution in [2.45, 2.75) is 71.1 Å². The molecule has 0 atom stereocenters. The number of amides is 2. The first-order chi connectivity index (χ1) is 11.2. The van der Waals surface area contributed by atoms with Gasteiger partial charge in [-0.1, -0.05) is 32.3 Å². The zero-order valence-corrected chi connectivity index (χ0v) is 14.3. The van der Waals surface area contributed by atoms with Crippen molar-refractivity contribution in [3.63, 3.8) is 0 Å². The summed E-state index contributed by atoms with van der Waals surface area (Å²) in [6.07, 6.45) is 12.4. The lowest BCUT2D eigenvalue weighted by Gasteiger charge is -2.19. The number of unbranched alkanes of at least 4 members (excludes halogenated alkanes) is 2. The Bertz CT molecular complexity index is 483. The van der Waals surface area contributed by atoms with Gasteiger partial charge in [0.05, 0.1) is 5.71 Å². The van der Waals surface area contributed by atoms with Gasteiger partial charge in [0.15, 0.2) is 0 Å². The summed E-state index contributed by atoms with van der Waals surface area (Å²) in [5.74, 6) is -0.0983. The molecule has 128 valence electrons. The highest BCUT2D eigenvalue weighted by molar-refractivity contribution is 6.02. The summed E-state index contributed by atoms with van der Waals surface area (Å²) in [6, 6.07) is 0. The Balaban J connectivity index is 1.80. The molecule has 0 aromatic rings. The van der Waals surface area contributed by atoms with E-state index in [9.17, 15) is 9.59 Å². The maximum absolute atomic E-state index is 12.1. The van der Waals surface area contributed by atoms with Crippen LogP contribution in [0.4, 0.5) is 0 Å². The van der Waals surface area contributed by atoms with E-state index >= 15 is 0 Å². The van der Waals surface area contributed by atoms with Crippen molar-refractivity contribution >= 4 is 17.5 Å². The highest BCUT2D eigenvalue weighted by Crippen LogP contribution is 2.21. The number of carbonyl (C=O) groups is 2. The molecular formula is C18H29N3O2. The van der Waals surface area contributed by atoms with E-state index in [2.05, 4.69) is 23.5 Å². The Labute approximate surface area is 139 Å². The van der Waals surface area contributed by atoms with Crippen LogP contribution in [0.25, 0.3) is 0 Å². The minimum atomic E-state index is -0.187. The fourth-order valence-electron chi connectivity index (χ4n) is 3.15. The zero-order valence-electron chi connectivity index (χ0n) is 14.3. The van der Waals surface area contributed by atoms with Crippen molar-refractivity contribution < 1.29 is 9.59 Å². The topological polar surface area (TPSA) is 61.8 Å². The smallest absolute Gasteiger partial charge is 0.259 e. The van der Waals surface area contributed by atoms with Crippen LogP contribution in [0.5, 0.6) is 0 Å². The predicted molar refractivity (Wildman–Crippen MR) is 92.1 cm³/mol. The molecule has 5 heteroatoms. The first kappa shape index (κ1) is 17.7. The maximum Gasteiger partial charge on any atom is 0.259 e. The van der Waals surface area contributed by atoms with E-state index < -0.39 is 0 Å². The Hall–Kier alpha value is -1.65. The first-order valence-electron chi connectivity index (χ1n) is 9.03. The van der Waals surface area contributed by atoms with Gasteiger partial charge in [0, 0.05) is 13.0 Å². The number of nitrogens with one attached hydrogen (secondary N) is 1. The monoisotopic (exact) mass is 319 g/mol. The second kappa shape index (κ2) is 9.48. The van der Waals surface area contributed by atoms with Crippen LogP contribution in [0.3, 0.4) is 0 Å². The fourth-order valence-corrected chi connectivity index (χ4v) is 3.15. The van der Waals surface area contributed by atoms with E-state index in [1.54, 1.807) is 4.90 Å². The van der Waals surface area contributed by atoms with Gasteiger partial charge in [0.1, 0.15) is 6.54 Å². The molecule has 0 aromatic heterocycles. The second-order valence-corrected chi connectivity index (χ2v) is 6.44. The van der Waals surface area contributed by atoms with Crippen molar-refractivity contribution in [1.29, 1.82) is 0 Å². The Morgan fingerprint density at radius 2 is 2.13 bits per heavy atom. The van der Waals surface area contributed by atoms with Gasteiger partial charge >= 0.3 is 0 Å². The van der Waals surface area contributed by atoms with Gasteiger partial charge in [-0.3, -0.25) is 9.59 Å². The standard InChI is InChI=1S/C18H29N3O2/c1-2-3-5-9-15-10-8-11-16(15)19-20-17(22)14-21-13-7-4-6-12-18(21)23/h10H,2-9,11-14H2,1H3,(H,20,22)/b19-16-. The summed E-state index contributed by atoms with van der Waals surface area (Å²) in [7, 11) is 0. The first-order valence-corrected chi connectivity index (χ1v) is 9.03. The lowest BCUT2D eigenvalue weighted by atomic mass is 10.1. The van der Waals surface area contributed by atoms with Crippen LogP contribution in [0.15, 0.2) is 16.8 Å². The molecule has 1 N–H and O–H groups in total. The van der Waals surface area contributed by atoms with Crippen molar-refractivity contribution in [1.82, 2.24) is 10.3 Å². The lowest BCUT2D eigenvalue weighted by molar-refractivity contribution is -0.135. The highest BCUT2D eigenvalue weighted by Gasteiger charge is 2.19. The molecule has 0 radical (unpaired) electrons. The Morgan fingerprint density at radius 3 is 2.96 bits per heavy atom. The van der Waals surface area contributed by atoms with Crippen LogP contribution in [0, 0.1) is 0 Å². The molecule has 0 unspecified atom stereocenters. The van der Waals surface area contributed by atoms with E-state index in [1.807, 2.05) is 0 Å². The van der Waals surface area contributed by atoms with Gasteiger partial charge in [0.2, 0.25) is 5.91 Å². The highest BCUT2D eigenvalue weighted by atomic mass is 16.2. The number of likely N-dealkylation sites (tertiary alicyclic amines) is 1. The lowest BCUT2D eigenvalue weighted by Crippen LogP contribution is -2.39. The van der Waals surface area contributed by atoms with Crippen LogP contribution in [0.1, 0.15) is 71.1 Å². The van der Waals surface area contributed by atoms with Crippen LogP contribution in [-0.4, -0.2) is 35.5 Å². The van der Waals surface area contributed by atoms with E-state index in [0.29, 0.717) is 13.0 Å². The Morgan fingerprint density at radius 1 is 1.26 bits per heavy atom. The van der Waals surface area contributed by atoms with Gasteiger partial charge in [0.25, 0.3) is 5.91 Å². The van der Waals surface area contributed by atoms with E-state index in [-0.39, 0.29) is 18.4 Å². The summed E-state index contributed by atoms with van der Waals surface area (Å²) >= 11 is 0. The molecule has 0 saturated carbocycles. The fraction of sp³-hybridized carbons (Fsp3) is 0.722.